The first-order chi connectivity index (χ1) is 11.2. The summed E-state index contributed by atoms with van der Waals surface area (Å²) in [4.78, 5) is 26.1. The van der Waals surface area contributed by atoms with Crippen molar-refractivity contribution in [3.05, 3.63) is 69.9 Å². The minimum absolute atomic E-state index is 0.0361. The van der Waals surface area contributed by atoms with Crippen molar-refractivity contribution in [2.45, 2.75) is 18.9 Å². The zero-order valence-corrected chi connectivity index (χ0v) is 12.7. The Morgan fingerprint density at radius 3 is 2.83 bits per heavy atom. The molecule has 0 saturated heterocycles. The molecule has 0 aliphatic carbocycles. The van der Waals surface area contributed by atoms with Gasteiger partial charge in [0.15, 0.2) is 0 Å². The van der Waals surface area contributed by atoms with Gasteiger partial charge in [-0.15, -0.1) is 0 Å². The van der Waals surface area contributed by atoms with Crippen LogP contribution in [0.3, 0.4) is 0 Å². The van der Waals surface area contributed by atoms with E-state index in [0.717, 1.165) is 29.4 Å². The molecule has 1 atom stereocenters. The fourth-order valence-corrected chi connectivity index (χ4v) is 3.40. The summed E-state index contributed by atoms with van der Waals surface area (Å²) < 4.78 is 6.56. The Kier molecular flexibility index (Phi) is 3.08. The van der Waals surface area contributed by atoms with Gasteiger partial charge in [0.05, 0.1) is 12.7 Å². The third-order valence-corrected chi connectivity index (χ3v) is 4.59. The topological polar surface area (TPSA) is 64.1 Å². The Morgan fingerprint density at radius 2 is 2.00 bits per heavy atom. The molecule has 1 aromatic heterocycles. The molecule has 1 aliphatic rings. The van der Waals surface area contributed by atoms with Crippen LogP contribution in [0, 0.1) is 0 Å². The quantitative estimate of drug-likeness (QED) is 0.740. The fourth-order valence-electron chi connectivity index (χ4n) is 3.40. The monoisotopic (exact) mass is 308 g/mol. The number of hydrogen-bond donors (Lipinski definition) is 1. The second-order valence-corrected chi connectivity index (χ2v) is 5.82. The Labute approximate surface area is 132 Å². The molecule has 23 heavy (non-hydrogen) atoms. The van der Waals surface area contributed by atoms with Crippen LogP contribution < -0.4 is 5.69 Å². The number of carbonyl (C=O) groups is 1. The van der Waals surface area contributed by atoms with Gasteiger partial charge in [-0.3, -0.25) is 4.57 Å². The minimum Gasteiger partial charge on any atom is -0.465 e. The number of nitrogens with one attached hydrogen (secondary N) is 1. The molecule has 0 saturated carbocycles. The van der Waals surface area contributed by atoms with Crippen LogP contribution >= 0.6 is 0 Å². The van der Waals surface area contributed by atoms with Crippen LogP contribution in [-0.2, 0) is 11.3 Å². The van der Waals surface area contributed by atoms with Gasteiger partial charge in [0.1, 0.15) is 0 Å². The number of nitrogens with zero attached hydrogens (tertiary/aromatic N) is 1. The number of fused-ring (bicyclic) bond motifs is 2. The largest absolute Gasteiger partial charge is 0.465 e. The van der Waals surface area contributed by atoms with Gasteiger partial charge >= 0.3 is 11.7 Å². The summed E-state index contributed by atoms with van der Waals surface area (Å²) in [6.07, 6.45) is 2.75. The van der Waals surface area contributed by atoms with Crippen molar-refractivity contribution in [3.63, 3.8) is 0 Å². The molecular weight excluding hydrogens is 292 g/mol. The predicted molar refractivity (Wildman–Crippen MR) is 86.8 cm³/mol. The van der Waals surface area contributed by atoms with E-state index in [1.165, 1.54) is 12.7 Å². The lowest BCUT2D eigenvalue weighted by atomic mass is 9.93. The molecule has 1 aliphatic heterocycles. The highest BCUT2D eigenvalue weighted by Gasteiger charge is 2.26. The SMILES string of the molecule is COC(=O)c1ccc2cc([C@@H]3CCn4c3c[nH]c4=O)ccc2c1. The van der Waals surface area contributed by atoms with E-state index in [-0.39, 0.29) is 17.6 Å². The highest BCUT2D eigenvalue weighted by molar-refractivity contribution is 5.95. The van der Waals surface area contributed by atoms with Gasteiger partial charge in [0, 0.05) is 24.4 Å². The number of aromatic amines is 1. The normalized spacial score (nSPS) is 16.5. The predicted octanol–water partition coefficient (Wildman–Crippen LogP) is 2.65. The van der Waals surface area contributed by atoms with Crippen molar-refractivity contribution in [1.82, 2.24) is 9.55 Å². The molecule has 0 spiro atoms. The molecule has 0 unspecified atom stereocenters. The Morgan fingerprint density at radius 1 is 1.22 bits per heavy atom. The van der Waals surface area contributed by atoms with E-state index in [1.807, 2.05) is 24.4 Å². The van der Waals surface area contributed by atoms with E-state index in [9.17, 15) is 9.59 Å². The first-order valence-electron chi connectivity index (χ1n) is 7.57. The highest BCUT2D eigenvalue weighted by atomic mass is 16.5. The Balaban J connectivity index is 1.75. The van der Waals surface area contributed by atoms with Crippen molar-refractivity contribution in [2.75, 3.05) is 7.11 Å². The highest BCUT2D eigenvalue weighted by Crippen LogP contribution is 2.34. The second-order valence-electron chi connectivity index (χ2n) is 5.82. The maximum atomic E-state index is 11.7. The number of rotatable bonds is 2. The number of ether oxygens (including phenoxy) is 1. The number of hydrogen-bond acceptors (Lipinski definition) is 3. The lowest BCUT2D eigenvalue weighted by Crippen LogP contribution is -2.14. The van der Waals surface area contributed by atoms with Crippen molar-refractivity contribution in [3.8, 4) is 0 Å². The zero-order chi connectivity index (χ0) is 16.0. The lowest BCUT2D eigenvalue weighted by Gasteiger charge is -2.11. The maximum absolute atomic E-state index is 11.7. The molecule has 0 fully saturated rings. The van der Waals surface area contributed by atoms with Crippen LogP contribution in [-0.4, -0.2) is 22.6 Å². The Hall–Kier alpha value is -2.82. The van der Waals surface area contributed by atoms with Crippen LogP contribution in [0.4, 0.5) is 0 Å². The average Bonchev–Trinajstić information content (AvgIpc) is 3.16. The molecule has 3 aromatic rings. The molecule has 2 aromatic carbocycles. The van der Waals surface area contributed by atoms with Gasteiger partial charge < -0.3 is 9.72 Å². The van der Waals surface area contributed by atoms with E-state index in [4.69, 9.17) is 4.74 Å². The summed E-state index contributed by atoms with van der Waals surface area (Å²) in [6.45, 7) is 0.752. The molecule has 1 N–H and O–H groups in total. The summed E-state index contributed by atoms with van der Waals surface area (Å²) in [5, 5.41) is 2.08. The molecule has 0 radical (unpaired) electrons. The summed E-state index contributed by atoms with van der Waals surface area (Å²) in [7, 11) is 1.38. The fraction of sp³-hybridized carbons (Fsp3) is 0.222. The van der Waals surface area contributed by atoms with Crippen LogP contribution in [0.2, 0.25) is 0 Å². The molecule has 5 heteroatoms. The van der Waals surface area contributed by atoms with E-state index in [2.05, 4.69) is 17.1 Å². The summed E-state index contributed by atoms with van der Waals surface area (Å²) in [6, 6.07) is 11.8. The second kappa shape index (κ2) is 5.12. The molecule has 0 bridgehead atoms. The molecule has 2 heterocycles. The van der Waals surface area contributed by atoms with Crippen LogP contribution in [0.1, 0.15) is 34.0 Å². The van der Waals surface area contributed by atoms with Crippen LogP contribution in [0.5, 0.6) is 0 Å². The van der Waals surface area contributed by atoms with Crippen molar-refractivity contribution < 1.29 is 9.53 Å². The van der Waals surface area contributed by atoms with Crippen molar-refractivity contribution in [1.29, 1.82) is 0 Å². The molecular formula is C18H16N2O3. The van der Waals surface area contributed by atoms with E-state index < -0.39 is 0 Å². The first-order valence-corrected chi connectivity index (χ1v) is 7.57. The standard InChI is InChI=1S/C18H16N2O3/c1-23-17(21)14-5-3-11-8-13(4-2-12(11)9-14)15-6-7-20-16(15)10-19-18(20)22/h2-5,8-10,15H,6-7H2,1H3,(H,19,22)/t15-/m0/s1. The number of benzene rings is 2. The number of H-pyrrole nitrogens is 1. The maximum Gasteiger partial charge on any atom is 0.337 e. The molecule has 116 valence electrons. The zero-order valence-electron chi connectivity index (χ0n) is 12.7. The third-order valence-electron chi connectivity index (χ3n) is 4.59. The number of methoxy groups -OCH3 is 1. The molecule has 5 nitrogen and oxygen atoms in total. The smallest absolute Gasteiger partial charge is 0.337 e. The first kappa shape index (κ1) is 13.8. The summed E-state index contributed by atoms with van der Waals surface area (Å²) >= 11 is 0. The number of esters is 1. The lowest BCUT2D eigenvalue weighted by molar-refractivity contribution is 0.0601. The van der Waals surface area contributed by atoms with E-state index in [1.54, 1.807) is 10.6 Å². The minimum atomic E-state index is -0.330. The average molecular weight is 308 g/mol. The van der Waals surface area contributed by atoms with Crippen LogP contribution in [0.25, 0.3) is 10.8 Å². The van der Waals surface area contributed by atoms with Crippen molar-refractivity contribution in [2.24, 2.45) is 0 Å². The van der Waals surface area contributed by atoms with E-state index >= 15 is 0 Å². The number of aromatic nitrogens is 2. The molecule has 0 amide bonds. The van der Waals surface area contributed by atoms with Gasteiger partial charge in [0.25, 0.3) is 0 Å². The van der Waals surface area contributed by atoms with Gasteiger partial charge in [-0.1, -0.05) is 24.3 Å². The Bertz CT molecular complexity index is 968. The van der Waals surface area contributed by atoms with Gasteiger partial charge in [-0.25, -0.2) is 9.59 Å². The summed E-state index contributed by atoms with van der Waals surface area (Å²) in [5.41, 5.74) is 2.74. The summed E-state index contributed by atoms with van der Waals surface area (Å²) in [5.74, 6) is -0.0956. The van der Waals surface area contributed by atoms with Crippen molar-refractivity contribution >= 4 is 16.7 Å². The van der Waals surface area contributed by atoms with Gasteiger partial charge in [-0.05, 0) is 34.9 Å². The van der Waals surface area contributed by atoms with Gasteiger partial charge in [-0.2, -0.15) is 0 Å². The molecule has 4 rings (SSSR count). The van der Waals surface area contributed by atoms with Crippen LogP contribution in [0.15, 0.2) is 47.4 Å². The number of carbonyl (C=O) groups excluding carboxylic acids is 1. The van der Waals surface area contributed by atoms with Gasteiger partial charge in [0.2, 0.25) is 0 Å². The van der Waals surface area contributed by atoms with E-state index in [0.29, 0.717) is 5.56 Å². The third kappa shape index (κ3) is 2.16. The number of imidazole rings is 1.